The van der Waals surface area contributed by atoms with Gasteiger partial charge < -0.3 is 15.3 Å². The highest BCUT2D eigenvalue weighted by atomic mass is 16.2. The second-order valence-corrected chi connectivity index (χ2v) is 5.47. The van der Waals surface area contributed by atoms with E-state index >= 15 is 0 Å². The topological polar surface area (TPSA) is 52.6 Å². The largest absolute Gasteiger partial charge is 0.396 e. The number of hydrogen-bond acceptors (Lipinski definition) is 3. The van der Waals surface area contributed by atoms with E-state index in [1.54, 1.807) is 4.90 Å². The number of likely N-dealkylation sites (tertiary alicyclic amines) is 1. The Morgan fingerprint density at radius 3 is 2.75 bits per heavy atom. The van der Waals surface area contributed by atoms with Gasteiger partial charge in [-0.3, -0.25) is 4.79 Å². The van der Waals surface area contributed by atoms with Gasteiger partial charge in [-0.15, -0.1) is 0 Å². The third kappa shape index (κ3) is 3.76. The first-order valence-electron chi connectivity index (χ1n) is 6.05. The van der Waals surface area contributed by atoms with Gasteiger partial charge in [0.05, 0.1) is 6.04 Å². The maximum Gasteiger partial charge on any atom is 0.239 e. The average Bonchev–Trinajstić information content (AvgIpc) is 2.55. The third-order valence-corrected chi connectivity index (χ3v) is 3.27. The van der Waals surface area contributed by atoms with Crippen LogP contribution in [0, 0.1) is 5.41 Å². The standard InChI is InChI=1S/C12H24N2O2/c1-12(2,6-4-8-15)9-13-10-5-7-14(3)11(10)16/h10,13,15H,4-9H2,1-3H3. The van der Waals surface area contributed by atoms with Gasteiger partial charge in [0.15, 0.2) is 0 Å². The Kier molecular flexibility index (Phi) is 4.74. The monoisotopic (exact) mass is 228 g/mol. The molecular weight excluding hydrogens is 204 g/mol. The number of hydrogen-bond donors (Lipinski definition) is 2. The van der Waals surface area contributed by atoms with Crippen LogP contribution in [0.1, 0.15) is 33.1 Å². The number of likely N-dealkylation sites (N-methyl/N-ethyl adjacent to an activating group) is 1. The fourth-order valence-corrected chi connectivity index (χ4v) is 2.06. The van der Waals surface area contributed by atoms with E-state index in [-0.39, 0.29) is 24.0 Å². The molecule has 0 radical (unpaired) electrons. The molecule has 16 heavy (non-hydrogen) atoms. The predicted octanol–water partition coefficient (Wildman–Crippen LogP) is 0.605. The van der Waals surface area contributed by atoms with Crippen molar-refractivity contribution in [2.24, 2.45) is 5.41 Å². The molecule has 4 heteroatoms. The molecule has 2 N–H and O–H groups in total. The molecule has 0 spiro atoms. The molecule has 0 saturated carbocycles. The number of carbonyl (C=O) groups excluding carboxylic acids is 1. The van der Waals surface area contributed by atoms with Crippen LogP contribution < -0.4 is 5.32 Å². The number of aliphatic hydroxyl groups is 1. The van der Waals surface area contributed by atoms with E-state index in [2.05, 4.69) is 19.2 Å². The predicted molar refractivity (Wildman–Crippen MR) is 64.1 cm³/mol. The van der Waals surface area contributed by atoms with E-state index in [0.29, 0.717) is 0 Å². The van der Waals surface area contributed by atoms with Gasteiger partial charge in [0.2, 0.25) is 5.91 Å². The van der Waals surface area contributed by atoms with Gasteiger partial charge in [-0.05, 0) is 24.7 Å². The Balaban J connectivity index is 2.31. The quantitative estimate of drug-likeness (QED) is 0.700. The minimum atomic E-state index is -0.00148. The Labute approximate surface area is 98.0 Å². The number of rotatable bonds is 6. The lowest BCUT2D eigenvalue weighted by Gasteiger charge is -2.26. The summed E-state index contributed by atoms with van der Waals surface area (Å²) in [5.41, 5.74) is 0.143. The molecule has 0 bridgehead atoms. The van der Waals surface area contributed by atoms with Gasteiger partial charge in [-0.2, -0.15) is 0 Å². The Morgan fingerprint density at radius 1 is 1.56 bits per heavy atom. The van der Waals surface area contributed by atoms with Crippen molar-refractivity contribution < 1.29 is 9.90 Å². The van der Waals surface area contributed by atoms with Crippen LogP contribution >= 0.6 is 0 Å². The number of nitrogens with one attached hydrogen (secondary N) is 1. The number of amides is 1. The first kappa shape index (κ1) is 13.5. The van der Waals surface area contributed by atoms with Crippen LogP contribution in [0.25, 0.3) is 0 Å². The highest BCUT2D eigenvalue weighted by Gasteiger charge is 2.30. The zero-order valence-electron chi connectivity index (χ0n) is 10.6. The maximum absolute atomic E-state index is 11.7. The molecule has 1 atom stereocenters. The highest BCUT2D eigenvalue weighted by molar-refractivity contribution is 5.83. The molecule has 0 aromatic heterocycles. The fraction of sp³-hybridized carbons (Fsp3) is 0.917. The molecule has 0 aromatic carbocycles. The molecule has 1 saturated heterocycles. The van der Waals surface area contributed by atoms with Crippen molar-refractivity contribution >= 4 is 5.91 Å². The van der Waals surface area contributed by atoms with Crippen molar-refractivity contribution in [3.63, 3.8) is 0 Å². The normalized spacial score (nSPS) is 21.9. The smallest absolute Gasteiger partial charge is 0.239 e. The van der Waals surface area contributed by atoms with Gasteiger partial charge in [0.25, 0.3) is 0 Å². The first-order valence-corrected chi connectivity index (χ1v) is 6.05. The Morgan fingerprint density at radius 2 is 2.25 bits per heavy atom. The fourth-order valence-electron chi connectivity index (χ4n) is 2.06. The van der Waals surface area contributed by atoms with Gasteiger partial charge in [0.1, 0.15) is 0 Å². The van der Waals surface area contributed by atoms with E-state index in [9.17, 15) is 4.79 Å². The van der Waals surface area contributed by atoms with E-state index in [4.69, 9.17) is 5.11 Å². The summed E-state index contributed by atoms with van der Waals surface area (Å²) in [6.07, 6.45) is 2.71. The van der Waals surface area contributed by atoms with Crippen molar-refractivity contribution in [2.45, 2.75) is 39.2 Å². The van der Waals surface area contributed by atoms with Gasteiger partial charge in [-0.1, -0.05) is 13.8 Å². The van der Waals surface area contributed by atoms with E-state index in [1.807, 2.05) is 7.05 Å². The summed E-state index contributed by atoms with van der Waals surface area (Å²) in [4.78, 5) is 13.4. The lowest BCUT2D eigenvalue weighted by Crippen LogP contribution is -2.41. The Hall–Kier alpha value is -0.610. The number of aliphatic hydroxyl groups excluding tert-OH is 1. The minimum Gasteiger partial charge on any atom is -0.396 e. The number of carbonyl (C=O) groups is 1. The summed E-state index contributed by atoms with van der Waals surface area (Å²) < 4.78 is 0. The molecule has 1 aliphatic rings. The third-order valence-electron chi connectivity index (χ3n) is 3.27. The number of nitrogens with zero attached hydrogens (tertiary/aromatic N) is 1. The summed E-state index contributed by atoms with van der Waals surface area (Å²) in [7, 11) is 1.85. The van der Waals surface area contributed by atoms with Crippen LogP contribution in [0.3, 0.4) is 0 Å². The van der Waals surface area contributed by atoms with Gasteiger partial charge in [0, 0.05) is 26.7 Å². The molecule has 1 unspecified atom stereocenters. The molecule has 1 heterocycles. The van der Waals surface area contributed by atoms with Crippen molar-refractivity contribution in [3.8, 4) is 0 Å². The van der Waals surface area contributed by atoms with Crippen LogP contribution in [-0.2, 0) is 4.79 Å². The molecule has 94 valence electrons. The first-order chi connectivity index (χ1) is 7.46. The molecule has 1 fully saturated rings. The zero-order chi connectivity index (χ0) is 12.2. The van der Waals surface area contributed by atoms with Gasteiger partial charge in [-0.25, -0.2) is 0 Å². The maximum atomic E-state index is 11.7. The molecule has 0 aliphatic carbocycles. The second-order valence-electron chi connectivity index (χ2n) is 5.47. The summed E-state index contributed by atoms with van der Waals surface area (Å²) in [6, 6.07) is -0.00148. The SMILES string of the molecule is CN1CCC(NCC(C)(C)CCCO)C1=O. The summed E-state index contributed by atoms with van der Waals surface area (Å²) in [5.74, 6) is 0.206. The molecule has 1 aliphatic heterocycles. The lowest BCUT2D eigenvalue weighted by atomic mass is 9.87. The summed E-state index contributed by atoms with van der Waals surface area (Å²) >= 11 is 0. The van der Waals surface area contributed by atoms with Crippen molar-refractivity contribution in [1.29, 1.82) is 0 Å². The van der Waals surface area contributed by atoms with E-state index < -0.39 is 0 Å². The zero-order valence-corrected chi connectivity index (χ0v) is 10.6. The summed E-state index contributed by atoms with van der Waals surface area (Å²) in [6.45, 7) is 6.26. The van der Waals surface area contributed by atoms with Crippen LogP contribution in [0.4, 0.5) is 0 Å². The van der Waals surface area contributed by atoms with Gasteiger partial charge >= 0.3 is 0 Å². The van der Waals surface area contributed by atoms with E-state index in [1.165, 1.54) is 0 Å². The van der Waals surface area contributed by atoms with Crippen molar-refractivity contribution in [3.05, 3.63) is 0 Å². The lowest BCUT2D eigenvalue weighted by molar-refractivity contribution is -0.128. The van der Waals surface area contributed by atoms with E-state index in [0.717, 1.165) is 32.4 Å². The van der Waals surface area contributed by atoms with Crippen LogP contribution in [-0.4, -0.2) is 48.7 Å². The minimum absolute atomic E-state index is 0.00148. The summed E-state index contributed by atoms with van der Waals surface area (Å²) in [5, 5.41) is 12.1. The van der Waals surface area contributed by atoms with Crippen LogP contribution in [0.15, 0.2) is 0 Å². The molecular formula is C12H24N2O2. The van der Waals surface area contributed by atoms with Crippen molar-refractivity contribution in [1.82, 2.24) is 10.2 Å². The highest BCUT2D eigenvalue weighted by Crippen LogP contribution is 2.21. The molecule has 0 aromatic rings. The molecule has 4 nitrogen and oxygen atoms in total. The second kappa shape index (κ2) is 5.64. The molecule has 1 amide bonds. The Bertz CT molecular complexity index is 241. The average molecular weight is 228 g/mol. The van der Waals surface area contributed by atoms with Crippen molar-refractivity contribution in [2.75, 3.05) is 26.7 Å². The van der Waals surface area contributed by atoms with Crippen LogP contribution in [0.2, 0.25) is 0 Å². The molecule has 1 rings (SSSR count). The van der Waals surface area contributed by atoms with Crippen LogP contribution in [0.5, 0.6) is 0 Å².